The van der Waals surface area contributed by atoms with E-state index in [4.69, 9.17) is 5.11 Å². The van der Waals surface area contributed by atoms with Crippen molar-refractivity contribution in [2.24, 2.45) is 0 Å². The van der Waals surface area contributed by atoms with Crippen LogP contribution in [-0.2, 0) is 0 Å². The van der Waals surface area contributed by atoms with Crippen LogP contribution in [0.25, 0.3) is 0 Å². The van der Waals surface area contributed by atoms with Crippen molar-refractivity contribution >= 4 is 21.9 Å². The quantitative estimate of drug-likeness (QED) is 0.895. The van der Waals surface area contributed by atoms with E-state index in [1.807, 2.05) is 0 Å². The molecule has 1 aromatic rings. The van der Waals surface area contributed by atoms with Gasteiger partial charge in [-0.2, -0.15) is 0 Å². The van der Waals surface area contributed by atoms with Crippen LogP contribution >= 0.6 is 15.9 Å². The lowest BCUT2D eigenvalue weighted by Gasteiger charge is -2.07. The van der Waals surface area contributed by atoms with Gasteiger partial charge in [0.05, 0.1) is 5.56 Å². The van der Waals surface area contributed by atoms with Crippen molar-refractivity contribution in [1.29, 1.82) is 0 Å². The largest absolute Gasteiger partial charge is 0.477 e. The second-order valence-corrected chi connectivity index (χ2v) is 3.40. The molecule has 0 atom stereocenters. The lowest BCUT2D eigenvalue weighted by molar-refractivity contribution is 0.0688. The lowest BCUT2D eigenvalue weighted by atomic mass is 10.1. The third kappa shape index (κ3) is 1.89. The minimum absolute atomic E-state index is 0.0971. The Labute approximate surface area is 86.9 Å². The van der Waals surface area contributed by atoms with E-state index in [2.05, 4.69) is 20.9 Å². The number of pyridine rings is 1. The summed E-state index contributed by atoms with van der Waals surface area (Å²) in [6.45, 7) is 1.42. The summed E-state index contributed by atoms with van der Waals surface area (Å²) in [5.74, 6) is -1.23. The molecular weight excluding hydrogens is 260 g/mol. The van der Waals surface area contributed by atoms with Gasteiger partial charge in [0.2, 0.25) is 0 Å². The zero-order valence-corrected chi connectivity index (χ0v) is 8.68. The maximum atomic E-state index is 12.3. The van der Waals surface area contributed by atoms with E-state index in [0.29, 0.717) is 0 Å². The van der Waals surface area contributed by atoms with Crippen LogP contribution in [0, 0.1) is 6.92 Å². The first-order valence-corrected chi connectivity index (χ1v) is 4.41. The van der Waals surface area contributed by atoms with E-state index in [0.717, 1.165) is 6.20 Å². The molecule has 6 heteroatoms. The smallest absolute Gasteiger partial charge is 0.354 e. The molecule has 14 heavy (non-hydrogen) atoms. The molecule has 1 N–H and O–H groups in total. The second-order valence-electron chi connectivity index (χ2n) is 2.61. The van der Waals surface area contributed by atoms with Gasteiger partial charge in [-0.3, -0.25) is 0 Å². The first-order valence-electron chi connectivity index (χ1n) is 3.61. The maximum absolute atomic E-state index is 12.3. The van der Waals surface area contributed by atoms with E-state index in [1.54, 1.807) is 0 Å². The Bertz CT molecular complexity index is 382. The molecule has 0 aliphatic carbocycles. The molecule has 0 radical (unpaired) electrons. The Balaban J connectivity index is 3.33. The predicted molar refractivity (Wildman–Crippen MR) is 48.6 cm³/mol. The molecule has 0 unspecified atom stereocenters. The summed E-state index contributed by atoms with van der Waals surface area (Å²) in [5, 5.41) is 8.65. The zero-order chi connectivity index (χ0) is 10.9. The topological polar surface area (TPSA) is 50.2 Å². The molecular formula is C8H6BrF2NO2. The summed E-state index contributed by atoms with van der Waals surface area (Å²) in [5.41, 5.74) is -0.316. The number of rotatable bonds is 2. The number of aromatic carboxylic acids is 1. The average molecular weight is 266 g/mol. The summed E-state index contributed by atoms with van der Waals surface area (Å²) >= 11 is 2.92. The Morgan fingerprint density at radius 1 is 1.64 bits per heavy atom. The predicted octanol–water partition coefficient (Wildman–Crippen LogP) is 2.79. The van der Waals surface area contributed by atoms with Crippen molar-refractivity contribution in [3.05, 3.63) is 27.5 Å². The van der Waals surface area contributed by atoms with Gasteiger partial charge >= 0.3 is 5.97 Å². The minimum Gasteiger partial charge on any atom is -0.477 e. The highest BCUT2D eigenvalue weighted by Crippen LogP contribution is 2.30. The van der Waals surface area contributed by atoms with Crippen molar-refractivity contribution in [1.82, 2.24) is 4.98 Å². The Morgan fingerprint density at radius 2 is 2.21 bits per heavy atom. The van der Waals surface area contributed by atoms with Crippen molar-refractivity contribution in [2.45, 2.75) is 13.3 Å². The van der Waals surface area contributed by atoms with Crippen molar-refractivity contribution in [2.75, 3.05) is 0 Å². The fourth-order valence-electron chi connectivity index (χ4n) is 0.976. The number of carboxylic acid groups (broad SMARTS) is 1. The molecule has 0 amide bonds. The van der Waals surface area contributed by atoms with Gasteiger partial charge in [-0.05, 0) is 28.4 Å². The summed E-state index contributed by atoms with van der Waals surface area (Å²) in [4.78, 5) is 14.0. The van der Waals surface area contributed by atoms with Crippen LogP contribution in [0.1, 0.15) is 28.0 Å². The molecule has 1 aromatic heterocycles. The lowest BCUT2D eigenvalue weighted by Crippen LogP contribution is -2.05. The molecule has 0 bridgehead atoms. The Morgan fingerprint density at radius 3 is 2.64 bits per heavy atom. The van der Waals surface area contributed by atoms with Crippen LogP contribution in [0.4, 0.5) is 8.78 Å². The molecule has 0 saturated heterocycles. The molecule has 0 aromatic carbocycles. The van der Waals surface area contributed by atoms with Gasteiger partial charge in [-0.1, -0.05) is 0 Å². The van der Waals surface area contributed by atoms with Gasteiger partial charge in [0.1, 0.15) is 0 Å². The number of alkyl halides is 2. The van der Waals surface area contributed by atoms with Gasteiger partial charge in [0, 0.05) is 10.7 Å². The number of carbonyl (C=O) groups is 1. The number of hydrogen-bond acceptors (Lipinski definition) is 2. The number of hydrogen-bond donors (Lipinski definition) is 1. The van der Waals surface area contributed by atoms with Gasteiger partial charge in [-0.15, -0.1) is 0 Å². The molecule has 3 nitrogen and oxygen atoms in total. The number of nitrogens with zero attached hydrogens (tertiary/aromatic N) is 1. The SMILES string of the molecule is Cc1c(C(=O)O)ncc(C(F)F)c1Br. The van der Waals surface area contributed by atoms with Crippen LogP contribution in [0.15, 0.2) is 10.7 Å². The number of carboxylic acids is 1. The van der Waals surface area contributed by atoms with Gasteiger partial charge in [-0.25, -0.2) is 18.6 Å². The highest BCUT2D eigenvalue weighted by Gasteiger charge is 2.18. The first kappa shape index (κ1) is 11.0. The summed E-state index contributed by atoms with van der Waals surface area (Å²) < 4.78 is 24.7. The summed E-state index contributed by atoms with van der Waals surface area (Å²) in [6.07, 6.45) is -1.80. The van der Waals surface area contributed by atoms with Crippen LogP contribution in [0.3, 0.4) is 0 Å². The fourth-order valence-corrected chi connectivity index (χ4v) is 1.44. The monoisotopic (exact) mass is 265 g/mol. The van der Waals surface area contributed by atoms with Crippen LogP contribution in [0.2, 0.25) is 0 Å². The molecule has 0 aliphatic rings. The maximum Gasteiger partial charge on any atom is 0.354 e. The molecule has 1 heterocycles. The van der Waals surface area contributed by atoms with Crippen LogP contribution in [0.5, 0.6) is 0 Å². The Hall–Kier alpha value is -1.04. The van der Waals surface area contributed by atoms with E-state index < -0.39 is 12.4 Å². The van der Waals surface area contributed by atoms with Gasteiger partial charge in [0.15, 0.2) is 5.69 Å². The molecule has 0 spiro atoms. The molecule has 1 rings (SSSR count). The zero-order valence-electron chi connectivity index (χ0n) is 7.09. The normalized spacial score (nSPS) is 10.6. The van der Waals surface area contributed by atoms with Gasteiger partial charge < -0.3 is 5.11 Å². The molecule has 0 saturated carbocycles. The van der Waals surface area contributed by atoms with Crippen molar-refractivity contribution in [3.8, 4) is 0 Å². The van der Waals surface area contributed by atoms with E-state index in [-0.39, 0.29) is 21.3 Å². The summed E-state index contributed by atoms with van der Waals surface area (Å²) in [7, 11) is 0. The highest BCUT2D eigenvalue weighted by atomic mass is 79.9. The molecule has 0 aliphatic heterocycles. The molecule has 76 valence electrons. The first-order chi connectivity index (χ1) is 6.45. The number of halogens is 3. The minimum atomic E-state index is -2.67. The van der Waals surface area contributed by atoms with E-state index in [9.17, 15) is 13.6 Å². The third-order valence-corrected chi connectivity index (χ3v) is 2.76. The summed E-state index contributed by atoms with van der Waals surface area (Å²) in [6, 6.07) is 0. The van der Waals surface area contributed by atoms with Gasteiger partial charge in [0.25, 0.3) is 6.43 Å². The average Bonchev–Trinajstić information content (AvgIpc) is 2.08. The van der Waals surface area contributed by atoms with Crippen LogP contribution < -0.4 is 0 Å². The van der Waals surface area contributed by atoms with Crippen molar-refractivity contribution < 1.29 is 18.7 Å². The Kier molecular flexibility index (Phi) is 3.15. The number of aromatic nitrogens is 1. The second kappa shape index (κ2) is 4.00. The molecule has 0 fully saturated rings. The fraction of sp³-hybridized carbons (Fsp3) is 0.250. The third-order valence-electron chi connectivity index (χ3n) is 1.71. The van der Waals surface area contributed by atoms with E-state index in [1.165, 1.54) is 6.92 Å². The highest BCUT2D eigenvalue weighted by molar-refractivity contribution is 9.10. The standard InChI is InChI=1S/C8H6BrF2NO2/c1-3-5(9)4(7(10)11)2-12-6(3)8(13)14/h2,7H,1H3,(H,13,14). The van der Waals surface area contributed by atoms with Crippen LogP contribution in [-0.4, -0.2) is 16.1 Å². The van der Waals surface area contributed by atoms with E-state index >= 15 is 0 Å². The van der Waals surface area contributed by atoms with Crippen molar-refractivity contribution in [3.63, 3.8) is 0 Å².